The van der Waals surface area contributed by atoms with Crippen LogP contribution < -0.4 is 15.7 Å². The number of methoxy groups -OCH3 is 2. The Labute approximate surface area is 175 Å². The Morgan fingerprint density at radius 1 is 1.23 bits per heavy atom. The number of hydrogen-bond acceptors (Lipinski definition) is 5. The Morgan fingerprint density at radius 2 is 2.03 bits per heavy atom. The van der Waals surface area contributed by atoms with E-state index >= 15 is 0 Å². The Bertz CT molecular complexity index is 949. The van der Waals surface area contributed by atoms with Crippen molar-refractivity contribution in [1.29, 1.82) is 0 Å². The number of rotatable bonds is 7. The molecular formula is C21H29N5O4. The van der Waals surface area contributed by atoms with Gasteiger partial charge in [-0.1, -0.05) is 12.1 Å². The molecule has 2 heterocycles. The number of nitrogens with one attached hydrogen (secondary N) is 1. The van der Waals surface area contributed by atoms with Gasteiger partial charge < -0.3 is 19.7 Å². The molecule has 1 atom stereocenters. The molecule has 9 heteroatoms. The molecule has 1 aromatic carbocycles. The highest BCUT2D eigenvalue weighted by atomic mass is 16.5. The molecule has 0 bridgehead atoms. The summed E-state index contributed by atoms with van der Waals surface area (Å²) >= 11 is 0. The number of anilines is 1. The van der Waals surface area contributed by atoms with E-state index in [4.69, 9.17) is 9.47 Å². The van der Waals surface area contributed by atoms with Crippen molar-refractivity contribution in [3.63, 3.8) is 0 Å². The molecular weight excluding hydrogens is 386 g/mol. The molecule has 9 nitrogen and oxygen atoms in total. The molecule has 4 rings (SSSR count). The zero-order chi connectivity index (χ0) is 21.1. The third-order valence-corrected chi connectivity index (χ3v) is 5.74. The fourth-order valence-electron chi connectivity index (χ4n) is 4.03. The number of para-hydroxylation sites is 2. The summed E-state index contributed by atoms with van der Waals surface area (Å²) in [5.41, 5.74) is 0.575. The predicted octanol–water partition coefficient (Wildman–Crippen LogP) is 2.45. The average Bonchev–Trinajstić information content (AvgIpc) is 3.56. The topological polar surface area (TPSA) is 90.6 Å². The Balaban J connectivity index is 1.51. The monoisotopic (exact) mass is 415 g/mol. The maximum Gasteiger partial charge on any atom is 0.346 e. The van der Waals surface area contributed by atoms with Crippen molar-refractivity contribution in [3.8, 4) is 5.75 Å². The van der Waals surface area contributed by atoms with Crippen molar-refractivity contribution in [1.82, 2.24) is 19.2 Å². The lowest BCUT2D eigenvalue weighted by molar-refractivity contribution is 0.181. The van der Waals surface area contributed by atoms with Crippen LogP contribution in [0.15, 0.2) is 29.1 Å². The van der Waals surface area contributed by atoms with Gasteiger partial charge >= 0.3 is 11.7 Å². The number of nitrogens with zero attached hydrogens (tertiary/aromatic N) is 4. The second kappa shape index (κ2) is 8.91. The zero-order valence-corrected chi connectivity index (χ0v) is 17.5. The van der Waals surface area contributed by atoms with Gasteiger partial charge in [-0.15, -0.1) is 0 Å². The van der Waals surface area contributed by atoms with Crippen molar-refractivity contribution in [2.24, 2.45) is 0 Å². The van der Waals surface area contributed by atoms with E-state index in [0.29, 0.717) is 37.7 Å². The molecule has 30 heavy (non-hydrogen) atoms. The fraction of sp³-hybridized carbons (Fsp3) is 0.571. The van der Waals surface area contributed by atoms with E-state index in [0.717, 1.165) is 31.5 Å². The maximum atomic E-state index is 12.9. The minimum Gasteiger partial charge on any atom is -0.495 e. The molecule has 1 aromatic heterocycles. The molecule has 2 fully saturated rings. The van der Waals surface area contributed by atoms with E-state index in [9.17, 15) is 9.59 Å². The third kappa shape index (κ3) is 4.21. The van der Waals surface area contributed by atoms with Gasteiger partial charge in [-0.05, 0) is 37.8 Å². The number of carbonyl (C=O) groups excluding carboxylic acids is 1. The van der Waals surface area contributed by atoms with Gasteiger partial charge in [0.05, 0.1) is 25.9 Å². The molecule has 1 unspecified atom stereocenters. The van der Waals surface area contributed by atoms with E-state index in [2.05, 4.69) is 10.4 Å². The Hall–Kier alpha value is -2.81. The number of aromatic nitrogens is 3. The molecule has 2 aromatic rings. The van der Waals surface area contributed by atoms with E-state index in [1.807, 2.05) is 28.8 Å². The van der Waals surface area contributed by atoms with Crippen LogP contribution in [0.4, 0.5) is 10.5 Å². The first kappa shape index (κ1) is 20.5. The minimum absolute atomic E-state index is 0.0410. The number of carbonyl (C=O) groups is 1. The SMILES string of the molecule is COCCn1nc(C2CCCN(C(=O)Nc3ccccc3OC)C2)n(C2CC2)c1=O. The van der Waals surface area contributed by atoms with Gasteiger partial charge in [0.2, 0.25) is 0 Å². The van der Waals surface area contributed by atoms with Crippen LogP contribution in [-0.2, 0) is 11.3 Å². The lowest BCUT2D eigenvalue weighted by Crippen LogP contribution is -2.42. The van der Waals surface area contributed by atoms with Crippen LogP contribution in [0.1, 0.15) is 43.5 Å². The van der Waals surface area contributed by atoms with Gasteiger partial charge in [-0.25, -0.2) is 14.3 Å². The van der Waals surface area contributed by atoms with Crippen LogP contribution in [0.2, 0.25) is 0 Å². The first-order chi connectivity index (χ1) is 14.6. The molecule has 1 aliphatic heterocycles. The van der Waals surface area contributed by atoms with Crippen LogP contribution >= 0.6 is 0 Å². The lowest BCUT2D eigenvalue weighted by atomic mass is 9.97. The van der Waals surface area contributed by atoms with Crippen LogP contribution in [-0.4, -0.2) is 59.2 Å². The first-order valence-electron chi connectivity index (χ1n) is 10.5. The fourth-order valence-corrected chi connectivity index (χ4v) is 4.03. The molecule has 0 spiro atoms. The summed E-state index contributed by atoms with van der Waals surface area (Å²) in [4.78, 5) is 27.6. The molecule has 2 aliphatic rings. The smallest absolute Gasteiger partial charge is 0.346 e. The van der Waals surface area contributed by atoms with E-state index in [-0.39, 0.29) is 23.7 Å². The van der Waals surface area contributed by atoms with E-state index in [1.54, 1.807) is 19.1 Å². The Kier molecular flexibility index (Phi) is 6.08. The zero-order valence-electron chi connectivity index (χ0n) is 17.5. The number of hydrogen-bond donors (Lipinski definition) is 1. The standard InChI is InChI=1S/C21H29N5O4/c1-29-13-12-25-21(28)26(16-9-10-16)19(23-25)15-6-5-11-24(14-15)20(27)22-17-7-3-4-8-18(17)30-2/h3-4,7-8,15-16H,5-6,9-14H2,1-2H3,(H,22,27). The normalized spacial score (nSPS) is 19.0. The number of amides is 2. The maximum absolute atomic E-state index is 12.9. The number of benzene rings is 1. The van der Waals surface area contributed by atoms with Crippen molar-refractivity contribution >= 4 is 11.7 Å². The highest BCUT2D eigenvalue weighted by Gasteiger charge is 2.35. The summed E-state index contributed by atoms with van der Waals surface area (Å²) in [6.07, 6.45) is 3.79. The van der Waals surface area contributed by atoms with E-state index < -0.39 is 0 Å². The van der Waals surface area contributed by atoms with Gasteiger partial charge in [-0.2, -0.15) is 5.10 Å². The highest BCUT2D eigenvalue weighted by molar-refractivity contribution is 5.91. The molecule has 2 amide bonds. The minimum atomic E-state index is -0.164. The van der Waals surface area contributed by atoms with Crippen LogP contribution in [0.25, 0.3) is 0 Å². The summed E-state index contributed by atoms with van der Waals surface area (Å²) in [5.74, 6) is 1.46. The summed E-state index contributed by atoms with van der Waals surface area (Å²) in [5, 5.41) is 7.59. The third-order valence-electron chi connectivity index (χ3n) is 5.74. The number of likely N-dealkylation sites (tertiary alicyclic amines) is 1. The summed E-state index contributed by atoms with van der Waals surface area (Å²) in [6, 6.07) is 7.43. The van der Waals surface area contributed by atoms with Crippen LogP contribution in [0, 0.1) is 0 Å². The average molecular weight is 415 g/mol. The van der Waals surface area contributed by atoms with E-state index in [1.165, 1.54) is 4.68 Å². The highest BCUT2D eigenvalue weighted by Crippen LogP contribution is 2.37. The number of ether oxygens (including phenoxy) is 2. The van der Waals surface area contributed by atoms with Crippen molar-refractivity contribution in [2.45, 2.75) is 44.2 Å². The number of piperidine rings is 1. The molecule has 0 radical (unpaired) electrons. The summed E-state index contributed by atoms with van der Waals surface area (Å²) in [6.45, 7) is 2.09. The second-order valence-corrected chi connectivity index (χ2v) is 7.87. The summed E-state index contributed by atoms with van der Waals surface area (Å²) in [7, 11) is 3.20. The summed E-state index contributed by atoms with van der Waals surface area (Å²) < 4.78 is 13.8. The second-order valence-electron chi connectivity index (χ2n) is 7.87. The van der Waals surface area contributed by atoms with Crippen molar-refractivity contribution in [3.05, 3.63) is 40.6 Å². The Morgan fingerprint density at radius 3 is 2.77 bits per heavy atom. The van der Waals surface area contributed by atoms with Crippen molar-refractivity contribution < 1.29 is 14.3 Å². The molecule has 162 valence electrons. The van der Waals surface area contributed by atoms with Crippen LogP contribution in [0.5, 0.6) is 5.75 Å². The predicted molar refractivity (Wildman–Crippen MR) is 112 cm³/mol. The number of urea groups is 1. The quantitative estimate of drug-likeness (QED) is 0.750. The molecule has 1 saturated carbocycles. The van der Waals surface area contributed by atoms with Crippen molar-refractivity contribution in [2.75, 3.05) is 39.2 Å². The van der Waals surface area contributed by atoms with Gasteiger partial charge in [0.25, 0.3) is 0 Å². The molecule has 1 aliphatic carbocycles. The molecule has 1 N–H and O–H groups in total. The van der Waals surface area contributed by atoms with Gasteiger partial charge in [-0.3, -0.25) is 4.57 Å². The largest absolute Gasteiger partial charge is 0.495 e. The molecule has 1 saturated heterocycles. The first-order valence-corrected chi connectivity index (χ1v) is 10.5. The lowest BCUT2D eigenvalue weighted by Gasteiger charge is -2.32. The van der Waals surface area contributed by atoms with Gasteiger partial charge in [0, 0.05) is 32.2 Å². The van der Waals surface area contributed by atoms with Gasteiger partial charge in [0.1, 0.15) is 11.6 Å². The van der Waals surface area contributed by atoms with Gasteiger partial charge in [0.15, 0.2) is 0 Å². The van der Waals surface area contributed by atoms with Crippen LogP contribution in [0.3, 0.4) is 0 Å².